The Balaban J connectivity index is 2.03. The van der Waals surface area contributed by atoms with Crippen LogP contribution in [0.3, 0.4) is 0 Å². The van der Waals surface area contributed by atoms with Crippen LogP contribution >= 0.6 is 15.9 Å². The molecule has 0 aliphatic carbocycles. The average Bonchev–Trinajstić information content (AvgIpc) is 2.75. The first kappa shape index (κ1) is 22.4. The van der Waals surface area contributed by atoms with Gasteiger partial charge in [0.1, 0.15) is 0 Å². The van der Waals surface area contributed by atoms with E-state index in [2.05, 4.69) is 50.0 Å². The molecular formula is C23H29BrN2O4. The lowest BCUT2D eigenvalue weighted by Crippen LogP contribution is -2.39. The number of hydrogen-bond acceptors (Lipinski definition) is 5. The maximum absolute atomic E-state index is 11.4. The largest absolute Gasteiger partial charge is 0.493 e. The first-order chi connectivity index (χ1) is 14.3. The Morgan fingerprint density at radius 3 is 2.17 bits per heavy atom. The van der Waals surface area contributed by atoms with Crippen LogP contribution in [0.2, 0.25) is 0 Å². The molecule has 0 radical (unpaired) electrons. The number of aliphatic carboxylic acids is 1. The number of carboxylic acids is 1. The van der Waals surface area contributed by atoms with Gasteiger partial charge in [-0.2, -0.15) is 0 Å². The van der Waals surface area contributed by atoms with E-state index in [1.807, 2.05) is 26.2 Å². The second-order valence-electron chi connectivity index (χ2n) is 7.77. The number of benzene rings is 2. The molecule has 1 aliphatic rings. The molecule has 2 aromatic rings. The van der Waals surface area contributed by atoms with Gasteiger partial charge in [-0.05, 0) is 61.3 Å². The molecule has 1 saturated heterocycles. The van der Waals surface area contributed by atoms with Crippen LogP contribution in [0.5, 0.6) is 11.5 Å². The van der Waals surface area contributed by atoms with E-state index in [-0.39, 0.29) is 12.0 Å². The number of carbonyl (C=O) groups is 1. The van der Waals surface area contributed by atoms with Crippen LogP contribution in [0.15, 0.2) is 40.9 Å². The van der Waals surface area contributed by atoms with Crippen molar-refractivity contribution in [1.82, 2.24) is 4.90 Å². The predicted molar refractivity (Wildman–Crippen MR) is 122 cm³/mol. The lowest BCUT2D eigenvalue weighted by atomic mass is 9.91. The van der Waals surface area contributed by atoms with Crippen LogP contribution in [0, 0.1) is 5.92 Å². The topological polar surface area (TPSA) is 62.2 Å². The molecule has 1 N–H and O–H groups in total. The number of likely N-dealkylation sites (tertiary alicyclic amines) is 1. The number of carboxylic acid groups (broad SMARTS) is 1. The zero-order valence-corrected chi connectivity index (χ0v) is 19.5. The fourth-order valence-electron chi connectivity index (χ4n) is 4.03. The summed E-state index contributed by atoms with van der Waals surface area (Å²) in [4.78, 5) is 15.8. The molecule has 1 aliphatic heterocycles. The Morgan fingerprint density at radius 2 is 1.67 bits per heavy atom. The number of methoxy groups -OCH3 is 2. The van der Waals surface area contributed by atoms with Crippen molar-refractivity contribution in [2.24, 2.45) is 5.92 Å². The maximum Gasteiger partial charge on any atom is 0.306 e. The van der Waals surface area contributed by atoms with Gasteiger partial charge >= 0.3 is 5.97 Å². The fourth-order valence-corrected chi connectivity index (χ4v) is 4.57. The summed E-state index contributed by atoms with van der Waals surface area (Å²) in [5, 5.41) is 9.39. The normalized spacial score (nSPS) is 16.2. The lowest BCUT2D eigenvalue weighted by molar-refractivity contribution is -0.143. The van der Waals surface area contributed by atoms with Crippen LogP contribution in [0.1, 0.15) is 30.0 Å². The van der Waals surface area contributed by atoms with Gasteiger partial charge in [0.15, 0.2) is 11.5 Å². The van der Waals surface area contributed by atoms with Crippen molar-refractivity contribution in [3.8, 4) is 11.5 Å². The van der Waals surface area contributed by atoms with Gasteiger partial charge in [-0.3, -0.25) is 9.69 Å². The van der Waals surface area contributed by atoms with E-state index >= 15 is 0 Å². The zero-order valence-electron chi connectivity index (χ0n) is 17.9. The predicted octanol–water partition coefficient (Wildman–Crippen LogP) is 4.42. The maximum atomic E-state index is 11.4. The standard InChI is InChI=1S/C23H29BrN2O4/c1-25(2)17-7-5-15(6-8-17)22(26-11-9-16(10-12-26)23(27)28)18-13-20(29-3)21(30-4)14-19(18)24/h5-8,13-14,16,22H,9-12H2,1-4H3,(H,27,28). The second-order valence-corrected chi connectivity index (χ2v) is 8.62. The Kier molecular flexibility index (Phi) is 7.26. The summed E-state index contributed by atoms with van der Waals surface area (Å²) >= 11 is 3.72. The Bertz CT molecular complexity index is 878. The highest BCUT2D eigenvalue weighted by atomic mass is 79.9. The van der Waals surface area contributed by atoms with Gasteiger partial charge in [0.05, 0.1) is 26.2 Å². The summed E-state index contributed by atoms with van der Waals surface area (Å²) in [6.07, 6.45) is 1.29. The van der Waals surface area contributed by atoms with Gasteiger partial charge in [-0.1, -0.05) is 28.1 Å². The number of nitrogens with zero attached hydrogens (tertiary/aromatic N) is 2. The van der Waals surface area contributed by atoms with Crippen LogP contribution in [0.25, 0.3) is 0 Å². The third kappa shape index (κ3) is 4.73. The molecule has 0 aromatic heterocycles. The molecule has 1 fully saturated rings. The number of anilines is 1. The average molecular weight is 477 g/mol. The van der Waals surface area contributed by atoms with Crippen LogP contribution in [-0.2, 0) is 4.79 Å². The molecular weight excluding hydrogens is 448 g/mol. The fraction of sp³-hybridized carbons (Fsp3) is 0.435. The van der Waals surface area contributed by atoms with Crippen molar-refractivity contribution < 1.29 is 19.4 Å². The molecule has 0 bridgehead atoms. The molecule has 1 heterocycles. The van der Waals surface area contributed by atoms with Crippen LogP contribution in [-0.4, -0.2) is 57.4 Å². The first-order valence-electron chi connectivity index (χ1n) is 10.0. The molecule has 1 atom stereocenters. The Labute approximate surface area is 186 Å². The molecule has 162 valence electrons. The van der Waals surface area contributed by atoms with E-state index in [4.69, 9.17) is 9.47 Å². The quantitative estimate of drug-likeness (QED) is 0.637. The molecule has 2 aromatic carbocycles. The van der Waals surface area contributed by atoms with Crippen molar-refractivity contribution in [3.63, 3.8) is 0 Å². The molecule has 1 unspecified atom stereocenters. The van der Waals surface area contributed by atoms with Crippen molar-refractivity contribution in [2.45, 2.75) is 18.9 Å². The Morgan fingerprint density at radius 1 is 1.10 bits per heavy atom. The summed E-state index contributed by atoms with van der Waals surface area (Å²) in [6.45, 7) is 1.44. The minimum Gasteiger partial charge on any atom is -0.493 e. The molecule has 7 heteroatoms. The van der Waals surface area contributed by atoms with E-state index in [1.54, 1.807) is 14.2 Å². The highest BCUT2D eigenvalue weighted by Crippen LogP contribution is 2.41. The molecule has 3 rings (SSSR count). The number of halogens is 1. The van der Waals surface area contributed by atoms with Crippen molar-refractivity contribution in [3.05, 3.63) is 52.0 Å². The third-order valence-electron chi connectivity index (χ3n) is 5.77. The number of piperidine rings is 1. The van der Waals surface area contributed by atoms with Gasteiger partial charge in [-0.25, -0.2) is 0 Å². The van der Waals surface area contributed by atoms with Gasteiger partial charge in [0, 0.05) is 24.3 Å². The van der Waals surface area contributed by atoms with Crippen molar-refractivity contribution in [2.75, 3.05) is 46.3 Å². The second kappa shape index (κ2) is 9.71. The molecule has 0 amide bonds. The number of rotatable bonds is 7. The summed E-state index contributed by atoms with van der Waals surface area (Å²) in [5.41, 5.74) is 3.36. The molecule has 0 saturated carbocycles. The summed E-state index contributed by atoms with van der Waals surface area (Å²) in [5.74, 6) is 0.367. The van der Waals surface area contributed by atoms with Gasteiger partial charge in [0.2, 0.25) is 0 Å². The summed E-state index contributed by atoms with van der Waals surface area (Å²) in [7, 11) is 7.30. The van der Waals surface area contributed by atoms with E-state index < -0.39 is 5.97 Å². The van der Waals surface area contributed by atoms with Gasteiger partial charge in [0.25, 0.3) is 0 Å². The smallest absolute Gasteiger partial charge is 0.306 e. The van der Waals surface area contributed by atoms with Crippen LogP contribution in [0.4, 0.5) is 5.69 Å². The van der Waals surface area contributed by atoms with E-state index in [1.165, 1.54) is 0 Å². The highest BCUT2D eigenvalue weighted by molar-refractivity contribution is 9.10. The third-order valence-corrected chi connectivity index (χ3v) is 6.45. The number of ether oxygens (including phenoxy) is 2. The SMILES string of the molecule is COc1cc(Br)c(C(c2ccc(N(C)C)cc2)N2CCC(C(=O)O)CC2)cc1OC. The van der Waals surface area contributed by atoms with Crippen molar-refractivity contribution in [1.29, 1.82) is 0 Å². The Hall–Kier alpha value is -2.25. The zero-order chi connectivity index (χ0) is 21.8. The van der Waals surface area contributed by atoms with Crippen molar-refractivity contribution >= 4 is 27.6 Å². The monoisotopic (exact) mass is 476 g/mol. The van der Waals surface area contributed by atoms with E-state index in [9.17, 15) is 9.90 Å². The van der Waals surface area contributed by atoms with Crippen LogP contribution < -0.4 is 14.4 Å². The van der Waals surface area contributed by atoms with Gasteiger partial charge < -0.3 is 19.5 Å². The highest BCUT2D eigenvalue weighted by Gasteiger charge is 2.31. The van der Waals surface area contributed by atoms with Gasteiger partial charge in [-0.15, -0.1) is 0 Å². The minimum atomic E-state index is -0.700. The molecule has 0 spiro atoms. The lowest BCUT2D eigenvalue weighted by Gasteiger charge is -2.37. The summed E-state index contributed by atoms with van der Waals surface area (Å²) < 4.78 is 11.9. The van der Waals surface area contributed by atoms with E-state index in [0.29, 0.717) is 24.3 Å². The molecule has 30 heavy (non-hydrogen) atoms. The summed E-state index contributed by atoms with van der Waals surface area (Å²) in [6, 6.07) is 12.4. The van der Waals surface area contributed by atoms with E-state index in [0.717, 1.165) is 34.4 Å². The minimum absolute atomic E-state index is 0.0230. The molecule has 6 nitrogen and oxygen atoms in total. The number of hydrogen-bond donors (Lipinski definition) is 1. The first-order valence-corrected chi connectivity index (χ1v) is 10.8.